The van der Waals surface area contributed by atoms with Gasteiger partial charge in [-0.1, -0.05) is 23.6 Å². The molecule has 0 spiro atoms. The number of halogens is 1. The van der Waals surface area contributed by atoms with Gasteiger partial charge in [-0.05, 0) is 25.1 Å². The first-order chi connectivity index (χ1) is 11.7. The summed E-state index contributed by atoms with van der Waals surface area (Å²) in [6.45, 7) is 2.37. The first-order valence-corrected chi connectivity index (χ1v) is 7.62. The SMILES string of the molecule is C#CCOC(=O)c1cc(Cl)c(OCc2cccnc2)c(OCC)c1. The summed E-state index contributed by atoms with van der Waals surface area (Å²) in [7, 11) is 0. The highest BCUT2D eigenvalue weighted by atomic mass is 35.5. The molecule has 1 aromatic carbocycles. The van der Waals surface area contributed by atoms with Crippen molar-refractivity contribution in [2.75, 3.05) is 13.2 Å². The molecule has 24 heavy (non-hydrogen) atoms. The fourth-order valence-corrected chi connectivity index (χ4v) is 2.18. The fourth-order valence-electron chi connectivity index (χ4n) is 1.92. The summed E-state index contributed by atoms with van der Waals surface area (Å²) < 4.78 is 16.2. The highest BCUT2D eigenvalue weighted by Crippen LogP contribution is 2.37. The molecule has 5 nitrogen and oxygen atoms in total. The molecule has 6 heteroatoms. The molecule has 0 aliphatic heterocycles. The van der Waals surface area contributed by atoms with Crippen molar-refractivity contribution in [3.05, 3.63) is 52.8 Å². The van der Waals surface area contributed by atoms with Crippen molar-refractivity contribution < 1.29 is 19.0 Å². The molecule has 0 amide bonds. The van der Waals surface area contributed by atoms with Crippen LogP contribution in [0.5, 0.6) is 11.5 Å². The van der Waals surface area contributed by atoms with Crippen molar-refractivity contribution in [2.24, 2.45) is 0 Å². The van der Waals surface area contributed by atoms with E-state index in [9.17, 15) is 4.79 Å². The van der Waals surface area contributed by atoms with Gasteiger partial charge in [-0.3, -0.25) is 4.98 Å². The lowest BCUT2D eigenvalue weighted by molar-refractivity contribution is 0.0556. The van der Waals surface area contributed by atoms with Gasteiger partial charge < -0.3 is 14.2 Å². The number of carbonyl (C=O) groups is 1. The molecule has 0 aliphatic carbocycles. The third kappa shape index (κ3) is 4.64. The minimum Gasteiger partial charge on any atom is -0.490 e. The molecule has 2 rings (SSSR count). The number of hydrogen-bond donors (Lipinski definition) is 0. The molecule has 0 N–H and O–H groups in total. The Bertz CT molecular complexity index is 741. The predicted molar refractivity (Wildman–Crippen MR) is 90.3 cm³/mol. The van der Waals surface area contributed by atoms with Gasteiger partial charge in [0.1, 0.15) is 6.61 Å². The highest BCUT2D eigenvalue weighted by Gasteiger charge is 2.17. The molecular weight excluding hydrogens is 330 g/mol. The second kappa shape index (κ2) is 8.80. The first kappa shape index (κ1) is 17.6. The summed E-state index contributed by atoms with van der Waals surface area (Å²) in [5.41, 5.74) is 1.13. The predicted octanol–water partition coefficient (Wildman–Crippen LogP) is 3.50. The van der Waals surface area contributed by atoms with Crippen LogP contribution in [0.1, 0.15) is 22.8 Å². The van der Waals surface area contributed by atoms with Gasteiger partial charge >= 0.3 is 5.97 Å². The van der Waals surface area contributed by atoms with E-state index in [1.807, 2.05) is 19.1 Å². The van der Waals surface area contributed by atoms with Crippen LogP contribution < -0.4 is 9.47 Å². The van der Waals surface area contributed by atoms with Crippen LogP contribution >= 0.6 is 11.6 Å². The quantitative estimate of drug-likeness (QED) is 0.568. The minimum atomic E-state index is -0.574. The van der Waals surface area contributed by atoms with E-state index in [1.165, 1.54) is 12.1 Å². The molecule has 0 unspecified atom stereocenters. The number of rotatable bonds is 7. The molecular formula is C18H16ClNO4. The van der Waals surface area contributed by atoms with Crippen molar-refractivity contribution in [1.29, 1.82) is 0 Å². The molecule has 0 radical (unpaired) electrons. The van der Waals surface area contributed by atoms with Gasteiger partial charge in [0.25, 0.3) is 0 Å². The molecule has 0 saturated heterocycles. The van der Waals surface area contributed by atoms with E-state index in [4.69, 9.17) is 32.2 Å². The maximum atomic E-state index is 11.9. The van der Waals surface area contributed by atoms with Gasteiger partial charge in [0, 0.05) is 18.0 Å². The second-order valence-corrected chi connectivity index (χ2v) is 5.06. The first-order valence-electron chi connectivity index (χ1n) is 7.24. The zero-order valence-corrected chi connectivity index (χ0v) is 13.9. The zero-order valence-electron chi connectivity index (χ0n) is 13.1. The van der Waals surface area contributed by atoms with Crippen molar-refractivity contribution >= 4 is 17.6 Å². The Balaban J connectivity index is 2.23. The molecule has 1 heterocycles. The lowest BCUT2D eigenvalue weighted by Crippen LogP contribution is -2.07. The Kier molecular flexibility index (Phi) is 6.47. The van der Waals surface area contributed by atoms with Gasteiger partial charge in [-0.2, -0.15) is 0 Å². The zero-order chi connectivity index (χ0) is 17.4. The molecule has 0 atom stereocenters. The summed E-state index contributed by atoms with van der Waals surface area (Å²) in [5.74, 6) is 2.38. The van der Waals surface area contributed by atoms with E-state index in [1.54, 1.807) is 12.4 Å². The molecule has 0 saturated carbocycles. The molecule has 0 aliphatic rings. The molecule has 0 fully saturated rings. The summed E-state index contributed by atoms with van der Waals surface area (Å²) in [6, 6.07) is 6.68. The van der Waals surface area contributed by atoms with Gasteiger partial charge in [0.05, 0.1) is 17.2 Å². The van der Waals surface area contributed by atoms with E-state index >= 15 is 0 Å². The average molecular weight is 346 g/mol. The normalized spacial score (nSPS) is 9.88. The lowest BCUT2D eigenvalue weighted by Gasteiger charge is -2.15. The van der Waals surface area contributed by atoms with Gasteiger partial charge in [-0.25, -0.2) is 4.79 Å². The standard InChI is InChI=1S/C18H16ClNO4/c1-3-8-23-18(21)14-9-15(19)17(16(10-14)22-4-2)24-12-13-6-5-7-20-11-13/h1,5-7,9-11H,4,8,12H2,2H3. The lowest BCUT2D eigenvalue weighted by atomic mass is 10.2. The van der Waals surface area contributed by atoms with Crippen molar-refractivity contribution in [2.45, 2.75) is 13.5 Å². The van der Waals surface area contributed by atoms with Gasteiger partial charge in [0.2, 0.25) is 0 Å². The largest absolute Gasteiger partial charge is 0.490 e. The number of pyridine rings is 1. The minimum absolute atomic E-state index is 0.111. The Morgan fingerprint density at radius 3 is 2.88 bits per heavy atom. The molecule has 124 valence electrons. The summed E-state index contributed by atoms with van der Waals surface area (Å²) in [6.07, 6.45) is 8.45. The average Bonchev–Trinajstić information content (AvgIpc) is 2.60. The summed E-state index contributed by atoms with van der Waals surface area (Å²) in [4.78, 5) is 15.9. The molecule has 1 aromatic heterocycles. The number of carbonyl (C=O) groups excluding carboxylic acids is 1. The Labute approximate surface area is 145 Å². The smallest absolute Gasteiger partial charge is 0.339 e. The van der Waals surface area contributed by atoms with Crippen LogP contribution in [0.25, 0.3) is 0 Å². The van der Waals surface area contributed by atoms with E-state index < -0.39 is 5.97 Å². The van der Waals surface area contributed by atoms with Crippen LogP contribution in [0.3, 0.4) is 0 Å². The van der Waals surface area contributed by atoms with Gasteiger partial charge in [-0.15, -0.1) is 6.42 Å². The number of nitrogens with zero attached hydrogens (tertiary/aromatic N) is 1. The topological polar surface area (TPSA) is 57.7 Å². The van der Waals surface area contributed by atoms with E-state index in [-0.39, 0.29) is 23.8 Å². The van der Waals surface area contributed by atoms with Crippen molar-refractivity contribution in [3.8, 4) is 23.8 Å². The monoisotopic (exact) mass is 345 g/mol. The third-order valence-electron chi connectivity index (χ3n) is 2.94. The summed E-state index contributed by atoms with van der Waals surface area (Å²) in [5, 5.41) is 0.248. The number of ether oxygens (including phenoxy) is 3. The van der Waals surface area contributed by atoms with Crippen LogP contribution in [0.2, 0.25) is 5.02 Å². The Morgan fingerprint density at radius 1 is 1.38 bits per heavy atom. The number of hydrogen-bond acceptors (Lipinski definition) is 5. The number of aromatic nitrogens is 1. The fraction of sp³-hybridized carbons (Fsp3) is 0.222. The summed E-state index contributed by atoms with van der Waals surface area (Å²) >= 11 is 6.25. The van der Waals surface area contributed by atoms with Crippen molar-refractivity contribution in [3.63, 3.8) is 0 Å². The Morgan fingerprint density at radius 2 is 2.21 bits per heavy atom. The van der Waals surface area contributed by atoms with Crippen LogP contribution in [-0.4, -0.2) is 24.2 Å². The van der Waals surface area contributed by atoms with E-state index in [0.29, 0.717) is 18.1 Å². The van der Waals surface area contributed by atoms with Gasteiger partial charge in [0.15, 0.2) is 18.1 Å². The van der Waals surface area contributed by atoms with Crippen LogP contribution in [0, 0.1) is 12.3 Å². The number of esters is 1. The highest BCUT2D eigenvalue weighted by molar-refractivity contribution is 6.32. The van der Waals surface area contributed by atoms with Crippen LogP contribution in [0.15, 0.2) is 36.7 Å². The molecule has 0 bridgehead atoms. The van der Waals surface area contributed by atoms with Crippen LogP contribution in [-0.2, 0) is 11.3 Å². The Hall–Kier alpha value is -2.71. The number of terminal acetylenes is 1. The van der Waals surface area contributed by atoms with E-state index in [2.05, 4.69) is 10.9 Å². The third-order valence-corrected chi connectivity index (χ3v) is 3.22. The van der Waals surface area contributed by atoms with E-state index in [0.717, 1.165) is 5.56 Å². The van der Waals surface area contributed by atoms with Crippen molar-refractivity contribution in [1.82, 2.24) is 4.98 Å². The molecule has 2 aromatic rings. The van der Waals surface area contributed by atoms with Crippen LogP contribution in [0.4, 0.5) is 0 Å². The maximum absolute atomic E-state index is 11.9. The second-order valence-electron chi connectivity index (χ2n) is 4.65. The maximum Gasteiger partial charge on any atom is 0.339 e. The number of benzene rings is 1.